The molecule has 0 fully saturated rings. The van der Waals surface area contributed by atoms with Gasteiger partial charge < -0.3 is 9.84 Å². The average molecular weight is 308 g/mol. The van der Waals surface area contributed by atoms with E-state index in [2.05, 4.69) is 4.74 Å². The molecule has 0 aliphatic heterocycles. The molecule has 1 N–H and O–H groups in total. The number of rotatable bonds is 7. The zero-order valence-electron chi connectivity index (χ0n) is 11.1. The first-order valence-electron chi connectivity index (χ1n) is 5.98. The Bertz CT molecular complexity index is 469. The number of alkyl halides is 2. The molecule has 4 nitrogen and oxygen atoms in total. The van der Waals surface area contributed by atoms with Crippen LogP contribution in [0.3, 0.4) is 0 Å². The van der Waals surface area contributed by atoms with Crippen molar-refractivity contribution in [3.63, 3.8) is 0 Å². The van der Waals surface area contributed by atoms with Gasteiger partial charge in [0.05, 0.1) is 11.6 Å². The molecular formula is C13H16ClF2NO3. The highest BCUT2D eigenvalue weighted by Gasteiger charge is 2.15. The molecule has 0 spiro atoms. The molecule has 0 atom stereocenters. The molecule has 0 saturated carbocycles. The van der Waals surface area contributed by atoms with E-state index in [1.165, 1.54) is 12.1 Å². The van der Waals surface area contributed by atoms with Gasteiger partial charge in [-0.05, 0) is 31.5 Å². The summed E-state index contributed by atoms with van der Waals surface area (Å²) < 4.78 is 28.5. The number of ether oxygens (including phenoxy) is 1. The number of carboxylic acids is 1. The first kappa shape index (κ1) is 16.7. The Balaban J connectivity index is 2.81. The normalized spacial score (nSPS) is 11.4. The molecule has 0 unspecified atom stereocenters. The van der Waals surface area contributed by atoms with Crippen molar-refractivity contribution in [2.45, 2.75) is 33.0 Å². The lowest BCUT2D eigenvalue weighted by molar-refractivity contribution is -0.138. The third-order valence-electron chi connectivity index (χ3n) is 2.67. The van der Waals surface area contributed by atoms with Crippen molar-refractivity contribution in [2.75, 3.05) is 6.54 Å². The first-order chi connectivity index (χ1) is 9.29. The Hall–Kier alpha value is -1.40. The van der Waals surface area contributed by atoms with Gasteiger partial charge >= 0.3 is 12.6 Å². The third-order valence-corrected chi connectivity index (χ3v) is 2.96. The summed E-state index contributed by atoms with van der Waals surface area (Å²) in [6.45, 7) is 1.07. The fourth-order valence-corrected chi connectivity index (χ4v) is 1.91. The van der Waals surface area contributed by atoms with Gasteiger partial charge in [0.15, 0.2) is 0 Å². The smallest absolute Gasteiger partial charge is 0.387 e. The molecular weight excluding hydrogens is 292 g/mol. The highest BCUT2D eigenvalue weighted by molar-refractivity contribution is 6.32. The number of nitrogens with zero attached hydrogens (tertiary/aromatic N) is 1. The van der Waals surface area contributed by atoms with Crippen molar-refractivity contribution in [1.29, 1.82) is 0 Å². The lowest BCUT2D eigenvalue weighted by Crippen LogP contribution is -2.35. The Morgan fingerprint density at radius 2 is 2.10 bits per heavy atom. The molecule has 0 radical (unpaired) electrons. The Morgan fingerprint density at radius 1 is 1.45 bits per heavy atom. The quantitative estimate of drug-likeness (QED) is 0.840. The number of halogens is 3. The van der Waals surface area contributed by atoms with E-state index in [-0.39, 0.29) is 23.4 Å². The lowest BCUT2D eigenvalue weighted by atomic mass is 10.2. The van der Waals surface area contributed by atoms with E-state index in [1.54, 1.807) is 11.0 Å². The van der Waals surface area contributed by atoms with E-state index in [1.807, 2.05) is 13.8 Å². The Kier molecular flexibility index (Phi) is 6.16. The second-order valence-electron chi connectivity index (χ2n) is 4.54. The molecule has 0 aliphatic carbocycles. The minimum absolute atomic E-state index is 0.0295. The molecule has 0 saturated heterocycles. The summed E-state index contributed by atoms with van der Waals surface area (Å²) >= 11 is 5.85. The third kappa shape index (κ3) is 5.30. The summed E-state index contributed by atoms with van der Waals surface area (Å²) in [5.74, 6) is -1.03. The van der Waals surface area contributed by atoms with Crippen LogP contribution < -0.4 is 4.74 Å². The van der Waals surface area contributed by atoms with E-state index < -0.39 is 12.6 Å². The van der Waals surface area contributed by atoms with Crippen LogP contribution in [-0.4, -0.2) is 35.2 Å². The predicted molar refractivity (Wildman–Crippen MR) is 71.3 cm³/mol. The van der Waals surface area contributed by atoms with Gasteiger partial charge in [-0.1, -0.05) is 17.7 Å². The number of benzene rings is 1. The zero-order chi connectivity index (χ0) is 15.3. The fourth-order valence-electron chi connectivity index (χ4n) is 1.66. The molecule has 20 heavy (non-hydrogen) atoms. The maximum atomic E-state index is 12.1. The number of aliphatic carboxylic acids is 1. The van der Waals surface area contributed by atoms with Gasteiger partial charge in [-0.15, -0.1) is 0 Å². The van der Waals surface area contributed by atoms with Crippen LogP contribution in [0.2, 0.25) is 5.02 Å². The highest BCUT2D eigenvalue weighted by Crippen LogP contribution is 2.27. The summed E-state index contributed by atoms with van der Waals surface area (Å²) in [5.41, 5.74) is 0.728. The molecule has 112 valence electrons. The minimum atomic E-state index is -2.93. The van der Waals surface area contributed by atoms with Gasteiger partial charge in [-0.25, -0.2) is 0 Å². The van der Waals surface area contributed by atoms with Crippen LogP contribution in [0.25, 0.3) is 0 Å². The van der Waals surface area contributed by atoms with Crippen LogP contribution in [0, 0.1) is 0 Å². The van der Waals surface area contributed by atoms with Crippen LogP contribution in [0.4, 0.5) is 8.78 Å². The van der Waals surface area contributed by atoms with Crippen molar-refractivity contribution in [3.8, 4) is 5.75 Å². The van der Waals surface area contributed by atoms with Gasteiger partial charge in [0, 0.05) is 12.6 Å². The zero-order valence-corrected chi connectivity index (χ0v) is 11.9. The molecule has 1 rings (SSSR count). The molecule has 0 heterocycles. The molecule has 0 aliphatic rings. The molecule has 7 heteroatoms. The van der Waals surface area contributed by atoms with Crippen LogP contribution in [-0.2, 0) is 11.3 Å². The minimum Gasteiger partial charge on any atom is -0.480 e. The van der Waals surface area contributed by atoms with Gasteiger partial charge in [0.2, 0.25) is 0 Å². The van der Waals surface area contributed by atoms with Crippen molar-refractivity contribution in [3.05, 3.63) is 28.8 Å². The first-order valence-corrected chi connectivity index (χ1v) is 6.36. The Morgan fingerprint density at radius 3 is 2.55 bits per heavy atom. The summed E-state index contributed by atoms with van der Waals surface area (Å²) in [4.78, 5) is 12.5. The predicted octanol–water partition coefficient (Wildman–Crippen LogP) is 3.24. The summed E-state index contributed by atoms with van der Waals surface area (Å²) in [6, 6.07) is 4.46. The molecule has 0 bridgehead atoms. The number of carbonyl (C=O) groups is 1. The topological polar surface area (TPSA) is 49.8 Å². The second kappa shape index (κ2) is 7.40. The highest BCUT2D eigenvalue weighted by atomic mass is 35.5. The van der Waals surface area contributed by atoms with Gasteiger partial charge in [-0.2, -0.15) is 8.78 Å². The second-order valence-corrected chi connectivity index (χ2v) is 4.94. The lowest BCUT2D eigenvalue weighted by Gasteiger charge is -2.24. The van der Waals surface area contributed by atoms with Crippen molar-refractivity contribution < 1.29 is 23.4 Å². The SMILES string of the molecule is CC(C)N(CC(=O)O)Cc1ccc(OC(F)F)c(Cl)c1. The van der Waals surface area contributed by atoms with Crippen molar-refractivity contribution in [2.24, 2.45) is 0 Å². The maximum Gasteiger partial charge on any atom is 0.387 e. The Labute approximate surface area is 120 Å². The summed E-state index contributed by atoms with van der Waals surface area (Å²) in [5, 5.41) is 8.91. The molecule has 1 aromatic carbocycles. The number of hydrogen-bond donors (Lipinski definition) is 1. The number of carboxylic acid groups (broad SMARTS) is 1. The fraction of sp³-hybridized carbons (Fsp3) is 0.462. The van der Waals surface area contributed by atoms with E-state index in [4.69, 9.17) is 16.7 Å². The maximum absolute atomic E-state index is 12.1. The van der Waals surface area contributed by atoms with Crippen molar-refractivity contribution in [1.82, 2.24) is 4.90 Å². The van der Waals surface area contributed by atoms with Crippen LogP contribution in [0.5, 0.6) is 5.75 Å². The van der Waals surface area contributed by atoms with Crippen LogP contribution >= 0.6 is 11.6 Å². The molecule has 1 aromatic rings. The van der Waals surface area contributed by atoms with E-state index in [0.717, 1.165) is 5.56 Å². The standard InChI is InChI=1S/C13H16ClF2NO3/c1-8(2)17(7-12(18)19)6-9-3-4-11(10(14)5-9)20-13(15)16/h3-5,8,13H,6-7H2,1-2H3,(H,18,19). The van der Waals surface area contributed by atoms with Gasteiger partial charge in [-0.3, -0.25) is 9.69 Å². The summed E-state index contributed by atoms with van der Waals surface area (Å²) in [7, 11) is 0. The average Bonchev–Trinajstić information content (AvgIpc) is 2.30. The molecule has 0 aromatic heterocycles. The van der Waals surface area contributed by atoms with E-state index >= 15 is 0 Å². The van der Waals surface area contributed by atoms with Gasteiger partial charge in [0.25, 0.3) is 0 Å². The number of hydrogen-bond acceptors (Lipinski definition) is 3. The van der Waals surface area contributed by atoms with Gasteiger partial charge in [0.1, 0.15) is 5.75 Å². The van der Waals surface area contributed by atoms with E-state index in [0.29, 0.717) is 6.54 Å². The molecule has 0 amide bonds. The van der Waals surface area contributed by atoms with Crippen LogP contribution in [0.15, 0.2) is 18.2 Å². The van der Waals surface area contributed by atoms with Crippen LogP contribution in [0.1, 0.15) is 19.4 Å². The summed E-state index contributed by atoms with van der Waals surface area (Å²) in [6.07, 6.45) is 0. The van der Waals surface area contributed by atoms with E-state index in [9.17, 15) is 13.6 Å². The van der Waals surface area contributed by atoms with Crippen molar-refractivity contribution >= 4 is 17.6 Å². The monoisotopic (exact) mass is 307 g/mol. The largest absolute Gasteiger partial charge is 0.480 e.